The second-order valence-electron chi connectivity index (χ2n) is 6.60. The number of para-hydroxylation sites is 1. The first-order chi connectivity index (χ1) is 14.6. The predicted octanol–water partition coefficient (Wildman–Crippen LogP) is 4.54. The van der Waals surface area contributed by atoms with Gasteiger partial charge >= 0.3 is 0 Å². The molecule has 1 heterocycles. The molecular formula is C22H24N4O3S. The van der Waals surface area contributed by atoms with Crippen molar-refractivity contribution in [1.82, 2.24) is 10.2 Å². The van der Waals surface area contributed by atoms with E-state index in [1.165, 1.54) is 11.3 Å². The zero-order chi connectivity index (χ0) is 21.2. The molecule has 8 heteroatoms. The van der Waals surface area contributed by atoms with Crippen LogP contribution in [-0.2, 0) is 11.2 Å². The third-order valence-electron chi connectivity index (χ3n) is 4.12. The van der Waals surface area contributed by atoms with Crippen LogP contribution in [0, 0.1) is 0 Å². The molecular weight excluding hydrogens is 400 g/mol. The number of aryl methyl sites for hydroxylation is 1. The Balaban J connectivity index is 1.48. The summed E-state index contributed by atoms with van der Waals surface area (Å²) in [7, 11) is 0. The lowest BCUT2D eigenvalue weighted by Crippen LogP contribution is -2.14. The van der Waals surface area contributed by atoms with E-state index in [2.05, 4.69) is 20.8 Å². The normalized spacial score (nSPS) is 10.4. The summed E-state index contributed by atoms with van der Waals surface area (Å²) in [6.07, 6.45) is 2.74. The Morgan fingerprint density at radius 1 is 1.03 bits per heavy atom. The molecule has 7 nitrogen and oxygen atoms in total. The SMILES string of the molecule is CCCC(=O)Nc1cccc(C(=O)Nc2nnc(CCCOc3ccccc3)s2)c1. The van der Waals surface area contributed by atoms with Crippen molar-refractivity contribution in [3.8, 4) is 5.75 Å². The third-order valence-corrected chi connectivity index (χ3v) is 5.02. The summed E-state index contributed by atoms with van der Waals surface area (Å²) in [4.78, 5) is 24.2. The van der Waals surface area contributed by atoms with E-state index in [1.54, 1.807) is 24.3 Å². The van der Waals surface area contributed by atoms with Gasteiger partial charge in [-0.1, -0.05) is 42.5 Å². The molecule has 0 aliphatic rings. The van der Waals surface area contributed by atoms with Crippen molar-refractivity contribution in [2.24, 2.45) is 0 Å². The Morgan fingerprint density at radius 3 is 2.67 bits per heavy atom. The molecule has 0 bridgehead atoms. The quantitative estimate of drug-likeness (QED) is 0.466. The molecule has 2 amide bonds. The van der Waals surface area contributed by atoms with Crippen molar-refractivity contribution in [2.45, 2.75) is 32.6 Å². The highest BCUT2D eigenvalue weighted by Gasteiger charge is 2.11. The molecule has 0 radical (unpaired) electrons. The summed E-state index contributed by atoms with van der Waals surface area (Å²) < 4.78 is 5.67. The minimum Gasteiger partial charge on any atom is -0.494 e. The van der Waals surface area contributed by atoms with Gasteiger partial charge in [0.25, 0.3) is 5.91 Å². The molecule has 2 aromatic carbocycles. The zero-order valence-electron chi connectivity index (χ0n) is 16.8. The summed E-state index contributed by atoms with van der Waals surface area (Å²) in [6, 6.07) is 16.5. The molecule has 1 aromatic heterocycles. The van der Waals surface area contributed by atoms with Crippen molar-refractivity contribution in [1.29, 1.82) is 0 Å². The first-order valence-corrected chi connectivity index (χ1v) is 10.7. The molecule has 156 valence electrons. The van der Waals surface area contributed by atoms with Crippen molar-refractivity contribution in [3.63, 3.8) is 0 Å². The number of hydrogen-bond acceptors (Lipinski definition) is 6. The van der Waals surface area contributed by atoms with Crippen LogP contribution in [0.25, 0.3) is 0 Å². The Hall–Kier alpha value is -3.26. The van der Waals surface area contributed by atoms with E-state index in [9.17, 15) is 9.59 Å². The minimum absolute atomic E-state index is 0.0694. The number of anilines is 2. The van der Waals surface area contributed by atoms with Gasteiger partial charge in [-0.05, 0) is 43.2 Å². The second-order valence-corrected chi connectivity index (χ2v) is 7.66. The molecule has 0 fully saturated rings. The van der Waals surface area contributed by atoms with Crippen LogP contribution in [0.15, 0.2) is 54.6 Å². The minimum atomic E-state index is -0.295. The van der Waals surface area contributed by atoms with E-state index in [-0.39, 0.29) is 11.8 Å². The summed E-state index contributed by atoms with van der Waals surface area (Å²) in [5.41, 5.74) is 1.04. The van der Waals surface area contributed by atoms with E-state index in [4.69, 9.17) is 4.74 Å². The second kappa shape index (κ2) is 11.1. The third kappa shape index (κ3) is 6.66. The molecule has 0 saturated heterocycles. The van der Waals surface area contributed by atoms with E-state index in [0.29, 0.717) is 29.4 Å². The first kappa shape index (κ1) is 21.4. The Labute approximate surface area is 179 Å². The van der Waals surface area contributed by atoms with Gasteiger partial charge in [-0.2, -0.15) is 0 Å². The summed E-state index contributed by atoms with van der Waals surface area (Å²) in [5, 5.41) is 15.0. The van der Waals surface area contributed by atoms with Crippen LogP contribution in [0.3, 0.4) is 0 Å². The van der Waals surface area contributed by atoms with E-state index in [1.807, 2.05) is 37.3 Å². The van der Waals surface area contributed by atoms with Gasteiger partial charge in [0.15, 0.2) is 0 Å². The van der Waals surface area contributed by atoms with Gasteiger partial charge in [0, 0.05) is 24.1 Å². The summed E-state index contributed by atoms with van der Waals surface area (Å²) in [6.45, 7) is 2.53. The fourth-order valence-corrected chi connectivity index (χ4v) is 3.47. The van der Waals surface area contributed by atoms with Crippen molar-refractivity contribution >= 4 is 34.0 Å². The maximum Gasteiger partial charge on any atom is 0.257 e. The largest absolute Gasteiger partial charge is 0.494 e. The molecule has 3 aromatic rings. The van der Waals surface area contributed by atoms with Crippen molar-refractivity contribution in [2.75, 3.05) is 17.2 Å². The Bertz CT molecular complexity index is 975. The lowest BCUT2D eigenvalue weighted by Gasteiger charge is -2.06. The molecule has 0 aliphatic carbocycles. The van der Waals surface area contributed by atoms with Crippen LogP contribution in [0.4, 0.5) is 10.8 Å². The monoisotopic (exact) mass is 424 g/mol. The molecule has 0 spiro atoms. The first-order valence-electron chi connectivity index (χ1n) is 9.85. The summed E-state index contributed by atoms with van der Waals surface area (Å²) >= 11 is 1.34. The maximum absolute atomic E-state index is 12.5. The van der Waals surface area contributed by atoms with Crippen LogP contribution in [0.2, 0.25) is 0 Å². The average Bonchev–Trinajstić information content (AvgIpc) is 3.19. The van der Waals surface area contributed by atoms with Crippen LogP contribution in [0.1, 0.15) is 41.6 Å². The van der Waals surface area contributed by atoms with Crippen molar-refractivity contribution < 1.29 is 14.3 Å². The van der Waals surface area contributed by atoms with Gasteiger partial charge in [0.05, 0.1) is 6.61 Å². The number of hydrogen-bond donors (Lipinski definition) is 2. The van der Waals surface area contributed by atoms with Gasteiger partial charge in [-0.25, -0.2) is 0 Å². The highest BCUT2D eigenvalue weighted by Crippen LogP contribution is 2.19. The van der Waals surface area contributed by atoms with Gasteiger partial charge < -0.3 is 10.1 Å². The summed E-state index contributed by atoms with van der Waals surface area (Å²) in [5.74, 6) is 0.479. The topological polar surface area (TPSA) is 93.2 Å². The van der Waals surface area contributed by atoms with Gasteiger partial charge in [0.1, 0.15) is 10.8 Å². The molecule has 0 saturated carbocycles. The number of carbonyl (C=O) groups is 2. The lowest BCUT2D eigenvalue weighted by molar-refractivity contribution is -0.116. The number of nitrogens with zero attached hydrogens (tertiary/aromatic N) is 2. The smallest absolute Gasteiger partial charge is 0.257 e. The number of ether oxygens (including phenoxy) is 1. The number of rotatable bonds is 10. The molecule has 30 heavy (non-hydrogen) atoms. The molecule has 0 atom stereocenters. The number of carbonyl (C=O) groups excluding carboxylic acids is 2. The standard InChI is InChI=1S/C22H24N4O3S/c1-2-8-19(27)23-17-10-6-9-16(15-17)21(28)24-22-26-25-20(30-22)13-7-14-29-18-11-4-3-5-12-18/h3-6,9-12,15H,2,7-8,13-14H2,1H3,(H,23,27)(H,24,26,28). The fourth-order valence-electron chi connectivity index (χ4n) is 2.69. The molecule has 0 aliphatic heterocycles. The Kier molecular flexibility index (Phi) is 7.91. The van der Waals surface area contributed by atoms with E-state index in [0.717, 1.165) is 30.0 Å². The average molecular weight is 425 g/mol. The predicted molar refractivity (Wildman–Crippen MR) is 118 cm³/mol. The van der Waals surface area contributed by atoms with Gasteiger partial charge in [-0.3, -0.25) is 14.9 Å². The van der Waals surface area contributed by atoms with Crippen LogP contribution >= 0.6 is 11.3 Å². The van der Waals surface area contributed by atoms with Crippen LogP contribution in [0.5, 0.6) is 5.75 Å². The highest BCUT2D eigenvalue weighted by molar-refractivity contribution is 7.15. The van der Waals surface area contributed by atoms with Crippen LogP contribution < -0.4 is 15.4 Å². The number of benzene rings is 2. The van der Waals surface area contributed by atoms with Crippen molar-refractivity contribution in [3.05, 3.63) is 65.2 Å². The number of amides is 2. The molecule has 2 N–H and O–H groups in total. The Morgan fingerprint density at radius 2 is 1.87 bits per heavy atom. The highest BCUT2D eigenvalue weighted by atomic mass is 32.1. The van der Waals surface area contributed by atoms with Crippen LogP contribution in [-0.4, -0.2) is 28.6 Å². The number of aromatic nitrogens is 2. The maximum atomic E-state index is 12.5. The fraction of sp³-hybridized carbons (Fsp3) is 0.273. The molecule has 0 unspecified atom stereocenters. The van der Waals surface area contributed by atoms with E-state index < -0.39 is 0 Å². The lowest BCUT2D eigenvalue weighted by atomic mass is 10.2. The van der Waals surface area contributed by atoms with Gasteiger partial charge in [0.2, 0.25) is 11.0 Å². The number of nitrogens with one attached hydrogen (secondary N) is 2. The van der Waals surface area contributed by atoms with Gasteiger partial charge in [-0.15, -0.1) is 10.2 Å². The molecule has 3 rings (SSSR count). The van der Waals surface area contributed by atoms with E-state index >= 15 is 0 Å². The zero-order valence-corrected chi connectivity index (χ0v) is 17.6.